The Balaban J connectivity index is 2.98. The second kappa shape index (κ2) is 5.58. The fraction of sp³-hybridized carbons (Fsp3) is 0.333. The minimum Gasteiger partial charge on any atom is -0.466 e. The molecule has 17 heavy (non-hydrogen) atoms. The van der Waals surface area contributed by atoms with Crippen LogP contribution in [0.4, 0.5) is 5.69 Å². The van der Waals surface area contributed by atoms with E-state index in [0.29, 0.717) is 4.47 Å². The van der Waals surface area contributed by atoms with Gasteiger partial charge in [0.1, 0.15) is 0 Å². The van der Waals surface area contributed by atoms with E-state index >= 15 is 0 Å². The van der Waals surface area contributed by atoms with E-state index in [1.54, 1.807) is 0 Å². The molecule has 1 heterocycles. The van der Waals surface area contributed by atoms with Crippen molar-refractivity contribution in [2.24, 2.45) is 0 Å². The first-order chi connectivity index (χ1) is 7.95. The number of carbonyl (C=O) groups is 1. The summed E-state index contributed by atoms with van der Waals surface area (Å²) >= 11 is 3.06. The molecule has 1 unspecified atom stereocenters. The smallest absolute Gasteiger partial charge is 0.346 e. The van der Waals surface area contributed by atoms with Crippen molar-refractivity contribution in [1.29, 1.82) is 0 Å². The zero-order chi connectivity index (χ0) is 13.0. The molecule has 0 saturated heterocycles. The summed E-state index contributed by atoms with van der Waals surface area (Å²) in [7, 11) is 1.20. The second-order valence-electron chi connectivity index (χ2n) is 3.02. The maximum atomic E-state index is 11.1. The Morgan fingerprint density at radius 1 is 1.65 bits per heavy atom. The quantitative estimate of drug-likeness (QED) is 0.477. The van der Waals surface area contributed by atoms with Crippen LogP contribution in [-0.2, 0) is 9.53 Å². The van der Waals surface area contributed by atoms with Gasteiger partial charge in [-0.2, -0.15) is 0 Å². The second-order valence-corrected chi connectivity index (χ2v) is 3.93. The maximum absolute atomic E-state index is 11.1. The lowest BCUT2D eigenvalue weighted by atomic mass is 10.4. The molecule has 0 radical (unpaired) electrons. The Kier molecular flexibility index (Phi) is 4.38. The van der Waals surface area contributed by atoms with E-state index < -0.39 is 17.0 Å². The molecule has 0 aliphatic carbocycles. The number of carbonyl (C=O) groups excluding carboxylic acids is 1. The van der Waals surface area contributed by atoms with E-state index in [4.69, 9.17) is 4.74 Å². The fourth-order valence-electron chi connectivity index (χ4n) is 1.02. The van der Waals surface area contributed by atoms with Gasteiger partial charge in [-0.15, -0.1) is 0 Å². The summed E-state index contributed by atoms with van der Waals surface area (Å²) in [6.45, 7) is 1.42. The Labute approximate surface area is 105 Å². The number of hydrogen-bond acceptors (Lipinski definition) is 6. The summed E-state index contributed by atoms with van der Waals surface area (Å²) < 4.78 is 9.95. The Bertz CT molecular complexity index is 451. The first-order valence-electron chi connectivity index (χ1n) is 4.50. The predicted molar refractivity (Wildman–Crippen MR) is 60.7 cm³/mol. The molecule has 0 bridgehead atoms. The van der Waals surface area contributed by atoms with Gasteiger partial charge in [0.2, 0.25) is 0 Å². The fourth-order valence-corrected chi connectivity index (χ4v) is 1.34. The van der Waals surface area contributed by atoms with Crippen molar-refractivity contribution >= 4 is 27.6 Å². The van der Waals surface area contributed by atoms with Gasteiger partial charge in [0, 0.05) is 16.7 Å². The van der Waals surface area contributed by atoms with Gasteiger partial charge >= 0.3 is 11.7 Å². The SMILES string of the molecule is COC(=O)C(C)Oc1ncc(Br)cc1[N+](=O)[O-]. The van der Waals surface area contributed by atoms with Crippen LogP contribution in [0.5, 0.6) is 5.88 Å². The normalized spacial score (nSPS) is 11.7. The van der Waals surface area contributed by atoms with E-state index in [2.05, 4.69) is 25.7 Å². The van der Waals surface area contributed by atoms with Crippen molar-refractivity contribution in [3.05, 3.63) is 26.9 Å². The Morgan fingerprint density at radius 2 is 2.29 bits per heavy atom. The number of esters is 1. The van der Waals surface area contributed by atoms with Crippen LogP contribution in [-0.4, -0.2) is 29.1 Å². The van der Waals surface area contributed by atoms with Crippen molar-refractivity contribution in [2.45, 2.75) is 13.0 Å². The topological polar surface area (TPSA) is 91.6 Å². The van der Waals surface area contributed by atoms with Gasteiger partial charge in [0.05, 0.1) is 12.0 Å². The summed E-state index contributed by atoms with van der Waals surface area (Å²) in [6.07, 6.45) is 0.374. The molecule has 0 amide bonds. The lowest BCUT2D eigenvalue weighted by molar-refractivity contribution is -0.386. The molecule has 0 saturated carbocycles. The lowest BCUT2D eigenvalue weighted by Gasteiger charge is -2.11. The minimum atomic E-state index is -0.965. The highest BCUT2D eigenvalue weighted by atomic mass is 79.9. The molecule has 0 aromatic carbocycles. The van der Waals surface area contributed by atoms with Gasteiger partial charge in [0.25, 0.3) is 5.88 Å². The van der Waals surface area contributed by atoms with Crippen molar-refractivity contribution in [3.8, 4) is 5.88 Å². The van der Waals surface area contributed by atoms with E-state index in [0.717, 1.165) is 0 Å². The van der Waals surface area contributed by atoms with Crippen molar-refractivity contribution in [3.63, 3.8) is 0 Å². The molecule has 1 atom stereocenters. The third-order valence-corrected chi connectivity index (χ3v) is 2.25. The first-order valence-corrected chi connectivity index (χ1v) is 5.29. The van der Waals surface area contributed by atoms with Gasteiger partial charge in [0.15, 0.2) is 6.10 Å². The number of aromatic nitrogens is 1. The zero-order valence-corrected chi connectivity index (χ0v) is 10.6. The average Bonchev–Trinajstić information content (AvgIpc) is 2.29. The van der Waals surface area contributed by atoms with E-state index in [1.807, 2.05) is 0 Å². The highest BCUT2D eigenvalue weighted by Gasteiger charge is 2.23. The average molecular weight is 305 g/mol. The number of ether oxygens (including phenoxy) is 2. The summed E-state index contributed by atoms with van der Waals surface area (Å²) in [4.78, 5) is 24.9. The van der Waals surface area contributed by atoms with Crippen molar-refractivity contribution in [2.75, 3.05) is 7.11 Å². The molecule has 92 valence electrons. The minimum absolute atomic E-state index is 0.226. The largest absolute Gasteiger partial charge is 0.466 e. The standard InChI is InChI=1S/C9H9BrN2O5/c1-5(9(13)16-2)17-8-7(12(14)15)3-6(10)4-11-8/h3-5H,1-2H3. The summed E-state index contributed by atoms with van der Waals surface area (Å²) in [5, 5.41) is 10.7. The van der Waals surface area contributed by atoms with Crippen LogP contribution in [0.15, 0.2) is 16.7 Å². The van der Waals surface area contributed by atoms with Crippen molar-refractivity contribution < 1.29 is 19.2 Å². The van der Waals surface area contributed by atoms with Crippen LogP contribution in [0, 0.1) is 10.1 Å². The van der Waals surface area contributed by atoms with E-state index in [1.165, 1.54) is 26.3 Å². The highest BCUT2D eigenvalue weighted by molar-refractivity contribution is 9.10. The van der Waals surface area contributed by atoms with Gasteiger partial charge in [-0.25, -0.2) is 9.78 Å². The highest BCUT2D eigenvalue weighted by Crippen LogP contribution is 2.28. The molecule has 0 aliphatic rings. The number of pyridine rings is 1. The van der Waals surface area contributed by atoms with Gasteiger partial charge in [-0.3, -0.25) is 10.1 Å². The number of nitrogens with zero attached hydrogens (tertiary/aromatic N) is 2. The number of rotatable bonds is 4. The van der Waals surface area contributed by atoms with Crippen LogP contribution in [0.25, 0.3) is 0 Å². The number of hydrogen-bond donors (Lipinski definition) is 0. The molecule has 1 rings (SSSR count). The molecule has 1 aromatic rings. The molecule has 7 nitrogen and oxygen atoms in total. The van der Waals surface area contributed by atoms with Crippen LogP contribution in [0.1, 0.15) is 6.92 Å². The summed E-state index contributed by atoms with van der Waals surface area (Å²) in [5.74, 6) is -0.861. The molecule has 0 fully saturated rings. The summed E-state index contributed by atoms with van der Waals surface area (Å²) in [6, 6.07) is 1.24. The number of nitro groups is 1. The van der Waals surface area contributed by atoms with Gasteiger partial charge in [-0.1, -0.05) is 0 Å². The van der Waals surface area contributed by atoms with Crippen LogP contribution in [0.2, 0.25) is 0 Å². The molecular weight excluding hydrogens is 296 g/mol. The lowest BCUT2D eigenvalue weighted by Crippen LogP contribution is -2.25. The Morgan fingerprint density at radius 3 is 2.82 bits per heavy atom. The van der Waals surface area contributed by atoms with E-state index in [9.17, 15) is 14.9 Å². The maximum Gasteiger partial charge on any atom is 0.346 e. The van der Waals surface area contributed by atoms with Gasteiger partial charge < -0.3 is 9.47 Å². The summed E-state index contributed by atoms with van der Waals surface area (Å²) in [5.41, 5.74) is -0.324. The van der Waals surface area contributed by atoms with Crippen LogP contribution in [0.3, 0.4) is 0 Å². The first kappa shape index (κ1) is 13.4. The third-order valence-electron chi connectivity index (χ3n) is 1.82. The van der Waals surface area contributed by atoms with Crippen LogP contribution >= 0.6 is 15.9 Å². The Hall–Kier alpha value is -1.70. The predicted octanol–water partition coefficient (Wildman–Crippen LogP) is 1.69. The van der Waals surface area contributed by atoms with E-state index in [-0.39, 0.29) is 11.6 Å². The van der Waals surface area contributed by atoms with Crippen LogP contribution < -0.4 is 4.74 Å². The molecule has 0 aliphatic heterocycles. The zero-order valence-electron chi connectivity index (χ0n) is 9.05. The molecular formula is C9H9BrN2O5. The van der Waals surface area contributed by atoms with Crippen molar-refractivity contribution in [1.82, 2.24) is 4.98 Å². The molecule has 0 spiro atoms. The third kappa shape index (κ3) is 3.38. The molecule has 8 heteroatoms. The molecule has 0 N–H and O–H groups in total. The monoisotopic (exact) mass is 304 g/mol. The number of methoxy groups -OCH3 is 1. The molecule has 1 aromatic heterocycles. The van der Waals surface area contributed by atoms with Gasteiger partial charge in [-0.05, 0) is 22.9 Å². The number of halogens is 1.